The average molecular weight is 459 g/mol. The van der Waals surface area contributed by atoms with Crippen molar-refractivity contribution in [3.63, 3.8) is 0 Å². The fourth-order valence-electron chi connectivity index (χ4n) is 3.85. The molecule has 2 aromatic rings. The number of benzene rings is 1. The van der Waals surface area contributed by atoms with Gasteiger partial charge in [0.15, 0.2) is 0 Å². The van der Waals surface area contributed by atoms with E-state index in [2.05, 4.69) is 57.3 Å². The summed E-state index contributed by atoms with van der Waals surface area (Å²) < 4.78 is 5.75. The number of nitrogens with two attached hydrogens (primary N) is 1. The number of anilines is 2. The van der Waals surface area contributed by atoms with E-state index in [-0.39, 0.29) is 6.61 Å². The molecule has 0 aliphatic carbocycles. The molecule has 1 saturated heterocycles. The number of piperazine rings is 1. The topological polar surface area (TPSA) is 99.8 Å². The third-order valence-electron chi connectivity index (χ3n) is 5.77. The van der Waals surface area contributed by atoms with Gasteiger partial charge in [0.05, 0.1) is 7.11 Å². The van der Waals surface area contributed by atoms with Crippen molar-refractivity contribution in [3.05, 3.63) is 40.6 Å². The maximum absolute atomic E-state index is 7.57. The molecule has 8 heteroatoms. The number of aryl methyl sites for hydroxylation is 1. The SMILES string of the molecule is CCCCNc1nc(N)nc(C)c1Cc1ccc(CN2CCN(C)CC2)cc1OC.CCO. The third kappa shape index (κ3) is 8.46. The van der Waals surface area contributed by atoms with Crippen molar-refractivity contribution in [2.24, 2.45) is 0 Å². The van der Waals surface area contributed by atoms with Gasteiger partial charge in [0.1, 0.15) is 11.6 Å². The summed E-state index contributed by atoms with van der Waals surface area (Å²) >= 11 is 0. The number of hydrogen-bond donors (Lipinski definition) is 3. The molecule has 1 fully saturated rings. The van der Waals surface area contributed by atoms with Crippen LogP contribution in [0.1, 0.15) is 49.1 Å². The number of unbranched alkanes of at least 4 members (excludes halogenated alkanes) is 1. The summed E-state index contributed by atoms with van der Waals surface area (Å²) in [7, 11) is 3.93. The Kier molecular flexibility index (Phi) is 11.4. The third-order valence-corrected chi connectivity index (χ3v) is 5.77. The van der Waals surface area contributed by atoms with Crippen LogP contribution in [-0.4, -0.2) is 78.4 Å². The zero-order valence-electron chi connectivity index (χ0n) is 21.0. The summed E-state index contributed by atoms with van der Waals surface area (Å²) in [5, 5.41) is 11.0. The minimum Gasteiger partial charge on any atom is -0.496 e. The zero-order valence-corrected chi connectivity index (χ0v) is 21.0. The van der Waals surface area contributed by atoms with Gasteiger partial charge in [0, 0.05) is 63.6 Å². The van der Waals surface area contributed by atoms with Crippen molar-refractivity contribution < 1.29 is 9.84 Å². The second-order valence-electron chi connectivity index (χ2n) is 8.49. The number of nitrogens with zero attached hydrogens (tertiary/aromatic N) is 4. The van der Waals surface area contributed by atoms with Gasteiger partial charge in [0.25, 0.3) is 0 Å². The van der Waals surface area contributed by atoms with E-state index in [1.807, 2.05) is 6.92 Å². The molecule has 33 heavy (non-hydrogen) atoms. The van der Waals surface area contributed by atoms with Gasteiger partial charge < -0.3 is 25.8 Å². The van der Waals surface area contributed by atoms with Gasteiger partial charge in [-0.1, -0.05) is 25.5 Å². The summed E-state index contributed by atoms with van der Waals surface area (Å²) in [6.07, 6.45) is 2.93. The highest BCUT2D eigenvalue weighted by Crippen LogP contribution is 2.28. The number of aliphatic hydroxyl groups is 1. The largest absolute Gasteiger partial charge is 0.496 e. The van der Waals surface area contributed by atoms with E-state index >= 15 is 0 Å². The molecule has 1 aliphatic rings. The highest BCUT2D eigenvalue weighted by molar-refractivity contribution is 5.53. The number of methoxy groups -OCH3 is 1. The first kappa shape index (κ1) is 26.8. The Hall–Kier alpha value is -2.42. The lowest BCUT2D eigenvalue weighted by Crippen LogP contribution is -2.43. The van der Waals surface area contributed by atoms with Crippen LogP contribution >= 0.6 is 0 Å². The van der Waals surface area contributed by atoms with E-state index in [1.165, 1.54) is 5.56 Å². The Morgan fingerprint density at radius 3 is 2.48 bits per heavy atom. The first-order chi connectivity index (χ1) is 15.9. The lowest BCUT2D eigenvalue weighted by molar-refractivity contribution is 0.148. The lowest BCUT2D eigenvalue weighted by atomic mass is 10.0. The van der Waals surface area contributed by atoms with Crippen molar-refractivity contribution in [1.82, 2.24) is 19.8 Å². The van der Waals surface area contributed by atoms with Crippen LogP contribution in [-0.2, 0) is 13.0 Å². The molecule has 0 bridgehead atoms. The van der Waals surface area contributed by atoms with Crippen LogP contribution in [0.3, 0.4) is 0 Å². The molecule has 0 unspecified atom stereocenters. The van der Waals surface area contributed by atoms with Gasteiger partial charge >= 0.3 is 0 Å². The van der Waals surface area contributed by atoms with Crippen molar-refractivity contribution in [2.75, 3.05) is 64.5 Å². The Labute approximate surface area is 199 Å². The summed E-state index contributed by atoms with van der Waals surface area (Å²) in [6, 6.07) is 6.56. The maximum atomic E-state index is 7.57. The standard InChI is InChI=1S/C23H36N6O.C2H6O/c1-5-6-9-25-22-20(17(2)26-23(24)27-22)15-19-8-7-18(14-21(19)30-4)16-29-12-10-28(3)11-13-29;1-2-3/h7-8,14H,5-6,9-13,15-16H2,1-4H3,(H3,24,25,26,27);3H,2H2,1H3. The van der Waals surface area contributed by atoms with E-state index in [0.29, 0.717) is 12.4 Å². The predicted molar refractivity (Wildman–Crippen MR) is 136 cm³/mol. The smallest absolute Gasteiger partial charge is 0.222 e. The summed E-state index contributed by atoms with van der Waals surface area (Å²) in [6.45, 7) is 12.4. The van der Waals surface area contributed by atoms with E-state index in [0.717, 1.165) is 80.5 Å². The quantitative estimate of drug-likeness (QED) is 0.493. The molecular formula is C25H42N6O2. The Morgan fingerprint density at radius 2 is 1.85 bits per heavy atom. The van der Waals surface area contributed by atoms with Gasteiger partial charge in [-0.3, -0.25) is 4.90 Å². The molecule has 0 saturated carbocycles. The molecule has 0 atom stereocenters. The molecule has 2 heterocycles. The van der Waals surface area contributed by atoms with Gasteiger partial charge in [-0.05, 0) is 44.5 Å². The van der Waals surface area contributed by atoms with Gasteiger partial charge in [-0.15, -0.1) is 0 Å². The van der Waals surface area contributed by atoms with Crippen molar-refractivity contribution in [3.8, 4) is 5.75 Å². The Balaban J connectivity index is 0.00000122. The molecule has 0 spiro atoms. The van der Waals surface area contributed by atoms with E-state index in [9.17, 15) is 0 Å². The van der Waals surface area contributed by atoms with E-state index in [1.54, 1.807) is 14.0 Å². The summed E-state index contributed by atoms with van der Waals surface area (Å²) in [5.74, 6) is 2.05. The molecule has 3 rings (SSSR count). The van der Waals surface area contributed by atoms with E-state index < -0.39 is 0 Å². The average Bonchev–Trinajstić information content (AvgIpc) is 2.79. The van der Waals surface area contributed by atoms with Crippen LogP contribution in [0.25, 0.3) is 0 Å². The van der Waals surface area contributed by atoms with Crippen LogP contribution in [0.4, 0.5) is 11.8 Å². The number of aliphatic hydroxyl groups excluding tert-OH is 1. The predicted octanol–water partition coefficient (Wildman–Crippen LogP) is 2.92. The number of nitrogen functional groups attached to an aromatic ring is 1. The first-order valence-corrected chi connectivity index (χ1v) is 12.0. The van der Waals surface area contributed by atoms with Crippen molar-refractivity contribution in [2.45, 2.75) is 46.6 Å². The molecule has 0 amide bonds. The van der Waals surface area contributed by atoms with E-state index in [4.69, 9.17) is 15.6 Å². The molecule has 4 N–H and O–H groups in total. The number of nitrogens with one attached hydrogen (secondary N) is 1. The molecule has 1 aliphatic heterocycles. The van der Waals surface area contributed by atoms with Crippen LogP contribution < -0.4 is 15.8 Å². The minimum absolute atomic E-state index is 0.250. The fourth-order valence-corrected chi connectivity index (χ4v) is 3.85. The van der Waals surface area contributed by atoms with Gasteiger partial charge in [-0.2, -0.15) is 4.98 Å². The first-order valence-electron chi connectivity index (χ1n) is 12.0. The Bertz CT molecular complexity index is 853. The highest BCUT2D eigenvalue weighted by atomic mass is 16.5. The van der Waals surface area contributed by atoms with Gasteiger partial charge in [0.2, 0.25) is 5.95 Å². The number of ether oxygens (including phenoxy) is 1. The monoisotopic (exact) mass is 458 g/mol. The number of aromatic nitrogens is 2. The normalized spacial score (nSPS) is 14.5. The van der Waals surface area contributed by atoms with Gasteiger partial charge in [-0.25, -0.2) is 4.98 Å². The van der Waals surface area contributed by atoms with Crippen molar-refractivity contribution >= 4 is 11.8 Å². The number of rotatable bonds is 9. The molecular weight excluding hydrogens is 416 g/mol. The molecule has 0 radical (unpaired) electrons. The number of likely N-dealkylation sites (N-methyl/N-ethyl adjacent to an activating group) is 1. The second kappa shape index (κ2) is 14.0. The van der Waals surface area contributed by atoms with Crippen molar-refractivity contribution in [1.29, 1.82) is 0 Å². The Morgan fingerprint density at radius 1 is 1.15 bits per heavy atom. The zero-order chi connectivity index (χ0) is 24.2. The van der Waals surface area contributed by atoms with Crippen LogP contribution in [0.2, 0.25) is 0 Å². The molecule has 184 valence electrons. The highest BCUT2D eigenvalue weighted by Gasteiger charge is 2.17. The van der Waals surface area contributed by atoms with Crippen LogP contribution in [0.5, 0.6) is 5.75 Å². The summed E-state index contributed by atoms with van der Waals surface area (Å²) in [5.41, 5.74) is 10.3. The fraction of sp³-hybridized carbons (Fsp3) is 0.600. The molecule has 1 aromatic carbocycles. The summed E-state index contributed by atoms with van der Waals surface area (Å²) in [4.78, 5) is 13.7. The van der Waals surface area contributed by atoms with Crippen LogP contribution in [0, 0.1) is 6.92 Å². The molecule has 8 nitrogen and oxygen atoms in total. The second-order valence-corrected chi connectivity index (χ2v) is 8.49. The maximum Gasteiger partial charge on any atom is 0.222 e. The number of hydrogen-bond acceptors (Lipinski definition) is 8. The van der Waals surface area contributed by atoms with Crippen LogP contribution in [0.15, 0.2) is 18.2 Å². The lowest BCUT2D eigenvalue weighted by Gasteiger charge is -2.32. The molecule has 1 aromatic heterocycles. The minimum atomic E-state index is 0.250.